The lowest BCUT2D eigenvalue weighted by molar-refractivity contribution is -0.447. The Balaban J connectivity index is 2.14. The quantitative estimate of drug-likeness (QED) is 0.517. The van der Waals surface area contributed by atoms with Crippen molar-refractivity contribution < 1.29 is 9.97 Å². The van der Waals surface area contributed by atoms with Gasteiger partial charge in [0.05, 0.1) is 0 Å². The Kier molecular flexibility index (Phi) is 4.26. The van der Waals surface area contributed by atoms with Gasteiger partial charge in [0.1, 0.15) is 12.1 Å². The normalized spacial score (nSPS) is 14.9. The molecule has 19 heavy (non-hydrogen) atoms. The topological polar surface area (TPSA) is 58.7 Å². The van der Waals surface area contributed by atoms with Crippen LogP contribution in [0.2, 0.25) is 0 Å². The Morgan fingerprint density at radius 3 is 2.11 bits per heavy atom. The van der Waals surface area contributed by atoms with E-state index < -0.39 is 12.1 Å². The number of hydrogen-bond acceptors (Lipinski definition) is 3. The standard InChI is InChI=1S/C15H16N2O2/c1-12(15(18)13-8-4-2-5-9-13)16-17(19)14-10-6-3-7-11-14/h2-12,15,18H,1H3/t12-,15+/m0/s1. The SMILES string of the molecule is C[C@H](N=[N+]([O-])c1ccccc1)[C@@H](O)c1ccccc1. The van der Waals surface area contributed by atoms with Gasteiger partial charge in [0.2, 0.25) is 5.69 Å². The van der Waals surface area contributed by atoms with Crippen molar-refractivity contribution in [2.45, 2.75) is 19.1 Å². The fraction of sp³-hybridized carbons (Fsp3) is 0.200. The summed E-state index contributed by atoms with van der Waals surface area (Å²) in [7, 11) is 0. The van der Waals surface area contributed by atoms with E-state index >= 15 is 0 Å². The zero-order valence-corrected chi connectivity index (χ0v) is 10.7. The van der Waals surface area contributed by atoms with Crippen LogP contribution in [0.15, 0.2) is 65.8 Å². The molecule has 0 fully saturated rings. The molecule has 0 aliphatic rings. The monoisotopic (exact) mass is 256 g/mol. The lowest BCUT2D eigenvalue weighted by atomic mass is 10.0. The summed E-state index contributed by atoms with van der Waals surface area (Å²) in [6.07, 6.45) is -0.790. The largest absolute Gasteiger partial charge is 0.594 e. The number of aliphatic hydroxyl groups excluding tert-OH is 1. The molecule has 2 rings (SSSR count). The molecular formula is C15H16N2O2. The molecule has 0 spiro atoms. The highest BCUT2D eigenvalue weighted by atomic mass is 16.5. The van der Waals surface area contributed by atoms with E-state index in [1.807, 2.05) is 36.4 Å². The molecule has 1 N–H and O–H groups in total. The molecule has 2 aromatic rings. The third-order valence-corrected chi connectivity index (χ3v) is 2.86. The average Bonchev–Trinajstić information content (AvgIpc) is 2.48. The molecule has 0 heterocycles. The smallest absolute Gasteiger partial charge is 0.244 e. The molecule has 0 aromatic heterocycles. The highest BCUT2D eigenvalue weighted by Gasteiger charge is 2.19. The second kappa shape index (κ2) is 6.11. The third-order valence-electron chi connectivity index (χ3n) is 2.86. The molecule has 0 amide bonds. The van der Waals surface area contributed by atoms with Crippen LogP contribution in [-0.4, -0.2) is 16.0 Å². The Hall–Kier alpha value is -2.20. The first-order chi connectivity index (χ1) is 9.18. The van der Waals surface area contributed by atoms with Crippen molar-refractivity contribution in [1.29, 1.82) is 0 Å². The maximum Gasteiger partial charge on any atom is 0.244 e. The van der Waals surface area contributed by atoms with Crippen LogP contribution in [0.25, 0.3) is 0 Å². The average molecular weight is 256 g/mol. The summed E-state index contributed by atoms with van der Waals surface area (Å²) in [5, 5.41) is 25.9. The van der Waals surface area contributed by atoms with E-state index in [9.17, 15) is 10.3 Å². The van der Waals surface area contributed by atoms with Gasteiger partial charge in [0.15, 0.2) is 0 Å². The van der Waals surface area contributed by atoms with Gasteiger partial charge in [-0.1, -0.05) is 53.4 Å². The van der Waals surface area contributed by atoms with Crippen molar-refractivity contribution >= 4 is 5.69 Å². The van der Waals surface area contributed by atoms with E-state index in [-0.39, 0.29) is 0 Å². The Bertz CT molecular complexity index is 541. The Labute approximate surface area is 112 Å². The summed E-state index contributed by atoms with van der Waals surface area (Å²) in [5.74, 6) is 0. The van der Waals surface area contributed by atoms with Gasteiger partial charge in [-0.05, 0) is 17.6 Å². The molecule has 0 aliphatic carbocycles. The van der Waals surface area contributed by atoms with Gasteiger partial charge < -0.3 is 10.3 Å². The van der Waals surface area contributed by atoms with Crippen molar-refractivity contribution in [2.75, 3.05) is 0 Å². The van der Waals surface area contributed by atoms with E-state index in [1.165, 1.54) is 0 Å². The van der Waals surface area contributed by atoms with Crippen LogP contribution in [-0.2, 0) is 0 Å². The molecular weight excluding hydrogens is 240 g/mol. The van der Waals surface area contributed by atoms with Crippen molar-refractivity contribution in [3.63, 3.8) is 0 Å². The van der Waals surface area contributed by atoms with E-state index in [0.29, 0.717) is 10.5 Å². The van der Waals surface area contributed by atoms with Crippen LogP contribution in [0, 0.1) is 5.21 Å². The fourth-order valence-electron chi connectivity index (χ4n) is 1.78. The number of nitrogens with zero attached hydrogens (tertiary/aromatic N) is 2. The van der Waals surface area contributed by atoms with Crippen LogP contribution in [0.4, 0.5) is 5.69 Å². The zero-order chi connectivity index (χ0) is 13.7. The summed E-state index contributed by atoms with van der Waals surface area (Å²) >= 11 is 0. The fourth-order valence-corrected chi connectivity index (χ4v) is 1.78. The van der Waals surface area contributed by atoms with Crippen molar-refractivity contribution in [2.24, 2.45) is 5.11 Å². The van der Waals surface area contributed by atoms with Crippen LogP contribution < -0.4 is 0 Å². The molecule has 4 nitrogen and oxygen atoms in total. The number of rotatable bonds is 4. The van der Waals surface area contributed by atoms with Gasteiger partial charge in [-0.2, -0.15) is 0 Å². The number of para-hydroxylation sites is 1. The zero-order valence-electron chi connectivity index (χ0n) is 10.7. The number of benzene rings is 2. The van der Waals surface area contributed by atoms with Crippen molar-refractivity contribution in [3.8, 4) is 0 Å². The molecule has 4 heteroatoms. The number of aliphatic hydroxyl groups is 1. The summed E-state index contributed by atoms with van der Waals surface area (Å²) in [5.41, 5.74) is 1.20. The first-order valence-corrected chi connectivity index (χ1v) is 6.14. The minimum absolute atomic E-state index is 0.453. The highest BCUT2D eigenvalue weighted by molar-refractivity contribution is 5.28. The van der Waals surface area contributed by atoms with Gasteiger partial charge in [-0.3, -0.25) is 0 Å². The summed E-state index contributed by atoms with van der Waals surface area (Å²) < 4.78 is 0. The van der Waals surface area contributed by atoms with Gasteiger partial charge in [-0.15, -0.1) is 0 Å². The first kappa shape index (κ1) is 13.2. The number of hydrogen-bond donors (Lipinski definition) is 1. The van der Waals surface area contributed by atoms with Crippen molar-refractivity contribution in [1.82, 2.24) is 0 Å². The highest BCUT2D eigenvalue weighted by Crippen LogP contribution is 2.20. The summed E-state index contributed by atoms with van der Waals surface area (Å²) in [6, 6.07) is 17.4. The second-order valence-electron chi connectivity index (χ2n) is 4.32. The summed E-state index contributed by atoms with van der Waals surface area (Å²) in [4.78, 5) is 0.552. The lowest BCUT2D eigenvalue weighted by Gasteiger charge is -2.13. The predicted molar refractivity (Wildman–Crippen MR) is 73.0 cm³/mol. The molecule has 0 aliphatic heterocycles. The van der Waals surface area contributed by atoms with Crippen LogP contribution in [0.5, 0.6) is 0 Å². The van der Waals surface area contributed by atoms with E-state index in [2.05, 4.69) is 5.11 Å². The molecule has 98 valence electrons. The minimum Gasteiger partial charge on any atom is -0.594 e. The molecule has 0 saturated carbocycles. The predicted octanol–water partition coefficient (Wildman–Crippen LogP) is 3.40. The van der Waals surface area contributed by atoms with Gasteiger partial charge in [-0.25, -0.2) is 0 Å². The van der Waals surface area contributed by atoms with Crippen LogP contribution in [0.3, 0.4) is 0 Å². The number of azo groups is 1. The van der Waals surface area contributed by atoms with Gasteiger partial charge in [0.25, 0.3) is 0 Å². The Morgan fingerprint density at radius 1 is 1.00 bits per heavy atom. The van der Waals surface area contributed by atoms with Crippen LogP contribution in [0.1, 0.15) is 18.6 Å². The van der Waals surface area contributed by atoms with E-state index in [1.54, 1.807) is 31.2 Å². The third kappa shape index (κ3) is 3.39. The maximum absolute atomic E-state index is 11.8. The van der Waals surface area contributed by atoms with E-state index in [4.69, 9.17) is 0 Å². The van der Waals surface area contributed by atoms with Gasteiger partial charge in [0, 0.05) is 12.1 Å². The van der Waals surface area contributed by atoms with E-state index in [0.717, 1.165) is 5.56 Å². The van der Waals surface area contributed by atoms with Crippen LogP contribution >= 0.6 is 0 Å². The molecule has 0 bridgehead atoms. The minimum atomic E-state index is -0.790. The maximum atomic E-state index is 11.8. The molecule has 0 unspecified atom stereocenters. The molecule has 2 aromatic carbocycles. The lowest BCUT2D eigenvalue weighted by Crippen LogP contribution is -2.14. The molecule has 2 atom stereocenters. The molecule has 0 radical (unpaired) electrons. The summed E-state index contributed by atoms with van der Waals surface area (Å²) in [6.45, 7) is 1.71. The molecule has 0 saturated heterocycles. The van der Waals surface area contributed by atoms with Crippen molar-refractivity contribution in [3.05, 3.63) is 71.4 Å². The Morgan fingerprint density at radius 2 is 1.53 bits per heavy atom. The van der Waals surface area contributed by atoms with Gasteiger partial charge >= 0.3 is 0 Å². The second-order valence-corrected chi connectivity index (χ2v) is 4.32. The first-order valence-electron chi connectivity index (χ1n) is 6.14.